The predicted octanol–water partition coefficient (Wildman–Crippen LogP) is 1.37. The standard InChI is InChI=1S/C3H3ClO3.C3H2O3.ClH/c4-2-1-6-3(5)7-2;4-3-5-1-2-6-3;/h2H,1H2;1-2H;1H. The number of rotatable bonds is 0. The Kier molecular flexibility index (Phi) is 5.82. The van der Waals surface area contributed by atoms with E-state index in [4.69, 9.17) is 11.6 Å². The molecule has 80 valence electrons. The highest BCUT2D eigenvalue weighted by atomic mass is 35.5. The van der Waals surface area contributed by atoms with Gasteiger partial charge in [0.05, 0.1) is 0 Å². The number of hydrogen-bond acceptors (Lipinski definition) is 6. The first-order valence-electron chi connectivity index (χ1n) is 3.18. The quantitative estimate of drug-likeness (QED) is 0.507. The van der Waals surface area contributed by atoms with E-state index in [2.05, 4.69) is 18.3 Å². The van der Waals surface area contributed by atoms with Crippen LogP contribution in [0.2, 0.25) is 0 Å². The molecule has 1 fully saturated rings. The Morgan fingerprint density at radius 3 is 2.00 bits per heavy atom. The number of ether oxygens (including phenoxy) is 2. The Morgan fingerprint density at radius 1 is 1.29 bits per heavy atom. The lowest BCUT2D eigenvalue weighted by molar-refractivity contribution is 0.128. The first kappa shape index (κ1) is 12.9. The molecule has 14 heavy (non-hydrogen) atoms. The molecule has 1 aromatic rings. The highest BCUT2D eigenvalue weighted by Gasteiger charge is 2.21. The molecule has 6 nitrogen and oxygen atoms in total. The molecule has 0 radical (unpaired) electrons. The van der Waals surface area contributed by atoms with E-state index >= 15 is 0 Å². The zero-order valence-corrected chi connectivity index (χ0v) is 8.25. The lowest BCUT2D eigenvalue weighted by atomic mass is 10.8. The maximum Gasteiger partial charge on any atom is 0.518 e. The predicted molar refractivity (Wildman–Crippen MR) is 46.6 cm³/mol. The van der Waals surface area contributed by atoms with Crippen LogP contribution >= 0.6 is 24.0 Å². The van der Waals surface area contributed by atoms with Crippen LogP contribution in [0.4, 0.5) is 4.79 Å². The molecule has 0 aromatic carbocycles. The number of carbonyl (C=O) groups excluding carboxylic acids is 1. The van der Waals surface area contributed by atoms with Gasteiger partial charge in [-0.3, -0.25) is 0 Å². The average molecular weight is 245 g/mol. The van der Waals surface area contributed by atoms with Crippen LogP contribution in [-0.2, 0) is 9.47 Å². The molecule has 1 atom stereocenters. The summed E-state index contributed by atoms with van der Waals surface area (Å²) in [6.45, 7) is 0.167. The number of cyclic esters (lactones) is 2. The van der Waals surface area contributed by atoms with Crippen molar-refractivity contribution in [2.75, 3.05) is 6.61 Å². The van der Waals surface area contributed by atoms with Crippen molar-refractivity contribution in [2.24, 2.45) is 0 Å². The third kappa shape index (κ3) is 4.78. The summed E-state index contributed by atoms with van der Waals surface area (Å²) in [5.41, 5.74) is -0.576. The van der Waals surface area contributed by atoms with Gasteiger partial charge in [-0.05, 0) is 0 Å². The number of carbonyl (C=O) groups is 1. The summed E-state index contributed by atoms with van der Waals surface area (Å²) in [5.74, 6) is -0.657. The Hall–Kier alpha value is -1.14. The average Bonchev–Trinajstić information content (AvgIpc) is 2.64. The Morgan fingerprint density at radius 2 is 1.86 bits per heavy atom. The van der Waals surface area contributed by atoms with Crippen molar-refractivity contribution in [3.63, 3.8) is 0 Å². The highest BCUT2D eigenvalue weighted by molar-refractivity contribution is 6.20. The van der Waals surface area contributed by atoms with Gasteiger partial charge in [-0.1, -0.05) is 11.6 Å². The van der Waals surface area contributed by atoms with Crippen molar-refractivity contribution >= 4 is 30.2 Å². The third-order valence-electron chi connectivity index (χ3n) is 0.940. The van der Waals surface area contributed by atoms with Crippen LogP contribution in [-0.4, -0.2) is 18.3 Å². The lowest BCUT2D eigenvalue weighted by Crippen LogP contribution is -1.97. The molecule has 2 heterocycles. The normalized spacial score (nSPS) is 18.4. The minimum atomic E-state index is -0.681. The van der Waals surface area contributed by atoms with Gasteiger partial charge in [-0.2, -0.15) is 0 Å². The Labute approximate surface area is 89.1 Å². The van der Waals surface area contributed by atoms with E-state index < -0.39 is 17.5 Å². The maximum absolute atomic E-state index is 9.92. The maximum atomic E-state index is 9.92. The van der Waals surface area contributed by atoms with E-state index in [1.165, 1.54) is 12.5 Å². The fraction of sp³-hybridized carbons (Fsp3) is 0.333. The second kappa shape index (κ2) is 6.33. The summed E-state index contributed by atoms with van der Waals surface area (Å²) in [7, 11) is 0. The van der Waals surface area contributed by atoms with E-state index in [1.54, 1.807) is 0 Å². The molecule has 8 heteroatoms. The minimum Gasteiger partial charge on any atom is -0.429 e. The SMILES string of the molecule is Cl.O=C1OCC(Cl)O1.O=c1occo1. The molecule has 0 amide bonds. The van der Waals surface area contributed by atoms with E-state index in [-0.39, 0.29) is 19.0 Å². The Bertz CT molecular complexity index is 301. The van der Waals surface area contributed by atoms with Crippen LogP contribution in [0.3, 0.4) is 0 Å². The molecule has 2 rings (SSSR count). The zero-order valence-electron chi connectivity index (χ0n) is 6.67. The van der Waals surface area contributed by atoms with E-state index in [0.717, 1.165) is 0 Å². The van der Waals surface area contributed by atoms with E-state index in [0.29, 0.717) is 0 Å². The van der Waals surface area contributed by atoms with Gasteiger partial charge in [0.25, 0.3) is 0 Å². The monoisotopic (exact) mass is 244 g/mol. The van der Waals surface area contributed by atoms with Crippen LogP contribution in [0.5, 0.6) is 0 Å². The lowest BCUT2D eigenvalue weighted by Gasteiger charge is -1.87. The zero-order chi connectivity index (χ0) is 9.68. The summed E-state index contributed by atoms with van der Waals surface area (Å²) < 4.78 is 16.8. The topological polar surface area (TPSA) is 78.9 Å². The molecule has 0 saturated carbocycles. The van der Waals surface area contributed by atoms with Crippen LogP contribution in [0, 0.1) is 0 Å². The first-order chi connectivity index (χ1) is 6.18. The van der Waals surface area contributed by atoms with Crippen LogP contribution in [0.1, 0.15) is 0 Å². The van der Waals surface area contributed by atoms with Gasteiger partial charge in [-0.25, -0.2) is 9.59 Å². The van der Waals surface area contributed by atoms with Gasteiger partial charge in [0.2, 0.25) is 5.56 Å². The molecule has 0 aliphatic carbocycles. The molecule has 1 saturated heterocycles. The molecule has 1 unspecified atom stereocenters. The van der Waals surface area contributed by atoms with Crippen molar-refractivity contribution in [1.29, 1.82) is 0 Å². The fourth-order valence-corrected chi connectivity index (χ4v) is 0.636. The smallest absolute Gasteiger partial charge is 0.429 e. The summed E-state index contributed by atoms with van der Waals surface area (Å²) >= 11 is 5.24. The second-order valence-electron chi connectivity index (χ2n) is 1.85. The van der Waals surface area contributed by atoms with Crippen LogP contribution < -0.4 is 5.82 Å². The summed E-state index contributed by atoms with van der Waals surface area (Å²) in [6.07, 6.45) is 1.69. The largest absolute Gasteiger partial charge is 0.518 e. The summed E-state index contributed by atoms with van der Waals surface area (Å²) in [6, 6.07) is 0. The molecule has 0 bridgehead atoms. The van der Waals surface area contributed by atoms with Crippen molar-refractivity contribution < 1.29 is 23.1 Å². The summed E-state index contributed by atoms with van der Waals surface area (Å²) in [5, 5.41) is 0. The van der Waals surface area contributed by atoms with Gasteiger partial charge >= 0.3 is 12.0 Å². The number of hydrogen-bond donors (Lipinski definition) is 0. The second-order valence-corrected chi connectivity index (χ2v) is 2.33. The van der Waals surface area contributed by atoms with Gasteiger partial charge in [0.1, 0.15) is 19.1 Å². The molecule has 1 aromatic heterocycles. The third-order valence-corrected chi connectivity index (χ3v) is 1.16. The number of alkyl halides is 1. The van der Waals surface area contributed by atoms with Crippen LogP contribution in [0.25, 0.3) is 0 Å². The molecule has 0 spiro atoms. The molecule has 0 N–H and O–H groups in total. The molecular weight excluding hydrogens is 239 g/mol. The fourth-order valence-electron chi connectivity index (χ4n) is 0.500. The first-order valence-corrected chi connectivity index (χ1v) is 3.62. The number of halogens is 2. The summed E-state index contributed by atoms with van der Waals surface area (Å²) in [4.78, 5) is 19.7. The minimum absolute atomic E-state index is 0. The van der Waals surface area contributed by atoms with Crippen LogP contribution in [0.15, 0.2) is 26.2 Å². The van der Waals surface area contributed by atoms with Crippen molar-refractivity contribution in [3.05, 3.63) is 23.1 Å². The van der Waals surface area contributed by atoms with Gasteiger partial charge < -0.3 is 18.3 Å². The van der Waals surface area contributed by atoms with E-state index in [9.17, 15) is 9.59 Å². The molecule has 1 aliphatic rings. The van der Waals surface area contributed by atoms with Gasteiger partial charge in [-0.15, -0.1) is 12.4 Å². The molecular formula is C6H6Cl2O6. The van der Waals surface area contributed by atoms with Crippen molar-refractivity contribution in [2.45, 2.75) is 5.56 Å². The van der Waals surface area contributed by atoms with Gasteiger partial charge in [0.15, 0.2) is 0 Å². The van der Waals surface area contributed by atoms with Gasteiger partial charge in [0, 0.05) is 0 Å². The highest BCUT2D eigenvalue weighted by Crippen LogP contribution is 2.08. The molecule has 1 aliphatic heterocycles. The Balaban J connectivity index is 0.000000227. The van der Waals surface area contributed by atoms with Crippen molar-refractivity contribution in [3.8, 4) is 0 Å². The van der Waals surface area contributed by atoms with E-state index in [1.807, 2.05) is 0 Å². The van der Waals surface area contributed by atoms with Crippen molar-refractivity contribution in [1.82, 2.24) is 0 Å².